The lowest BCUT2D eigenvalue weighted by Crippen LogP contribution is -2.22. The molecule has 6 nitrogen and oxygen atoms in total. The van der Waals surface area contributed by atoms with Gasteiger partial charge in [0.1, 0.15) is 8.07 Å². The summed E-state index contributed by atoms with van der Waals surface area (Å²) in [5, 5.41) is 19.6. The van der Waals surface area contributed by atoms with Crippen molar-refractivity contribution >= 4 is 19.7 Å². The fourth-order valence-electron chi connectivity index (χ4n) is 2.06. The number of carbonyl (C=O) groups excluding carboxylic acids is 1. The Morgan fingerprint density at radius 3 is 2.48 bits per heavy atom. The average molecular weight is 335 g/mol. The van der Waals surface area contributed by atoms with E-state index in [-0.39, 0.29) is 11.3 Å². The Labute approximate surface area is 136 Å². The van der Waals surface area contributed by atoms with Crippen LogP contribution in [-0.2, 0) is 10.3 Å². The summed E-state index contributed by atoms with van der Waals surface area (Å²) in [5.41, 5.74) is 3.03. The summed E-state index contributed by atoms with van der Waals surface area (Å²) in [6.45, 7) is 10.1. The van der Waals surface area contributed by atoms with Crippen LogP contribution in [0.3, 0.4) is 0 Å². The van der Waals surface area contributed by atoms with Crippen LogP contribution >= 0.6 is 0 Å². The minimum atomic E-state index is -1.53. The molecule has 0 aromatic heterocycles. The van der Waals surface area contributed by atoms with Crippen molar-refractivity contribution in [3.05, 3.63) is 39.4 Å². The summed E-state index contributed by atoms with van der Waals surface area (Å²) in [6, 6.07) is 3.84. The molecule has 0 fully saturated rings. The zero-order chi connectivity index (χ0) is 17.8. The second-order valence-electron chi connectivity index (χ2n) is 6.98. The number of nitro benzene ring substituents is 1. The van der Waals surface area contributed by atoms with Crippen LogP contribution < -0.4 is 0 Å². The van der Waals surface area contributed by atoms with Crippen molar-refractivity contribution in [2.75, 3.05) is 0 Å². The zero-order valence-electron chi connectivity index (χ0n) is 14.0. The van der Waals surface area contributed by atoms with E-state index in [0.717, 1.165) is 0 Å². The van der Waals surface area contributed by atoms with Gasteiger partial charge < -0.3 is 0 Å². The largest absolute Gasteiger partial charge is 0.373 e. The summed E-state index contributed by atoms with van der Waals surface area (Å²) in [5.74, 6) is 2.18. The first-order chi connectivity index (χ1) is 10.5. The number of carbonyl (C=O) groups is 1. The van der Waals surface area contributed by atoms with Gasteiger partial charge in [0.25, 0.3) is 5.69 Å². The van der Waals surface area contributed by atoms with Gasteiger partial charge in [-0.15, -0.1) is 11.5 Å². The predicted octanol–water partition coefficient (Wildman–Crippen LogP) is 3.77. The average Bonchev–Trinajstić information content (AvgIpc) is 2.44. The van der Waals surface area contributed by atoms with E-state index in [1.54, 1.807) is 0 Å². The molecule has 124 valence electrons. The predicted molar refractivity (Wildman–Crippen MR) is 89.9 cm³/mol. The van der Waals surface area contributed by atoms with Crippen molar-refractivity contribution in [1.29, 1.82) is 0 Å². The molecule has 0 bridgehead atoms. The molecule has 1 aromatic carbocycles. The van der Waals surface area contributed by atoms with E-state index in [4.69, 9.17) is 5.26 Å². The minimum absolute atomic E-state index is 0.0953. The van der Waals surface area contributed by atoms with Crippen LogP contribution in [0.1, 0.15) is 36.2 Å². The van der Waals surface area contributed by atoms with E-state index in [1.165, 1.54) is 18.2 Å². The van der Waals surface area contributed by atoms with Crippen molar-refractivity contribution in [1.82, 2.24) is 0 Å². The lowest BCUT2D eigenvalue weighted by atomic mass is 9.79. The fourth-order valence-corrected chi connectivity index (χ4v) is 2.68. The van der Waals surface area contributed by atoms with E-state index in [0.29, 0.717) is 12.0 Å². The number of nitrogens with zero attached hydrogens (tertiary/aromatic N) is 1. The summed E-state index contributed by atoms with van der Waals surface area (Å²) in [7, 11) is -1.53. The molecule has 0 amide bonds. The highest BCUT2D eigenvalue weighted by Gasteiger charge is 2.29. The van der Waals surface area contributed by atoms with Crippen molar-refractivity contribution in [3.63, 3.8) is 0 Å². The van der Waals surface area contributed by atoms with Crippen LogP contribution in [0.15, 0.2) is 18.2 Å². The minimum Gasteiger partial charge on any atom is -0.295 e. The Bertz CT molecular complexity index is 680. The van der Waals surface area contributed by atoms with Gasteiger partial charge in [-0.25, -0.2) is 4.79 Å². The molecule has 0 radical (unpaired) electrons. The maximum absolute atomic E-state index is 11.7. The SMILES string of the molecule is CC(C)(CC#C[Si](C)(C)C)c1cc([N+](=O)[O-])ccc1C(=O)OO. The second-order valence-corrected chi connectivity index (χ2v) is 11.7. The molecule has 1 aromatic rings. The first-order valence-electron chi connectivity index (χ1n) is 7.12. The van der Waals surface area contributed by atoms with Crippen molar-refractivity contribution in [2.45, 2.75) is 45.3 Å². The van der Waals surface area contributed by atoms with Crippen LogP contribution in [0.25, 0.3) is 0 Å². The van der Waals surface area contributed by atoms with Crippen LogP contribution in [0, 0.1) is 21.6 Å². The Balaban J connectivity index is 3.34. The van der Waals surface area contributed by atoms with Gasteiger partial charge >= 0.3 is 5.97 Å². The van der Waals surface area contributed by atoms with Gasteiger partial charge in [-0.2, -0.15) is 5.26 Å². The Morgan fingerprint density at radius 1 is 1.39 bits per heavy atom. The molecule has 0 unspecified atom stereocenters. The molecule has 0 heterocycles. The van der Waals surface area contributed by atoms with E-state index in [9.17, 15) is 14.9 Å². The summed E-state index contributed by atoms with van der Waals surface area (Å²) < 4.78 is 0. The lowest BCUT2D eigenvalue weighted by Gasteiger charge is -2.24. The number of non-ortho nitro benzene ring substituents is 1. The van der Waals surface area contributed by atoms with Crippen LogP contribution in [-0.4, -0.2) is 24.2 Å². The number of nitro groups is 1. The quantitative estimate of drug-likeness (QED) is 0.297. The third-order valence-corrected chi connectivity index (χ3v) is 4.17. The highest BCUT2D eigenvalue weighted by molar-refractivity contribution is 6.83. The first kappa shape index (κ1) is 18.9. The van der Waals surface area contributed by atoms with E-state index in [1.807, 2.05) is 13.8 Å². The summed E-state index contributed by atoms with van der Waals surface area (Å²) >= 11 is 0. The Hall–Kier alpha value is -2.17. The van der Waals surface area contributed by atoms with Gasteiger partial charge in [-0.1, -0.05) is 33.5 Å². The Kier molecular flexibility index (Phi) is 5.69. The third kappa shape index (κ3) is 5.19. The molecule has 0 aliphatic heterocycles. The van der Waals surface area contributed by atoms with Crippen molar-refractivity contribution in [3.8, 4) is 11.5 Å². The van der Waals surface area contributed by atoms with E-state index >= 15 is 0 Å². The fraction of sp³-hybridized carbons (Fsp3) is 0.438. The number of hydrogen-bond donors (Lipinski definition) is 1. The molecule has 23 heavy (non-hydrogen) atoms. The zero-order valence-corrected chi connectivity index (χ0v) is 15.0. The molecular formula is C16H21NO5Si. The van der Waals surface area contributed by atoms with Crippen LogP contribution in [0.5, 0.6) is 0 Å². The molecule has 1 rings (SSSR count). The molecule has 0 saturated carbocycles. The van der Waals surface area contributed by atoms with Gasteiger partial charge in [0.15, 0.2) is 0 Å². The third-order valence-electron chi connectivity index (χ3n) is 3.24. The number of benzene rings is 1. The number of hydrogen-bond acceptors (Lipinski definition) is 5. The highest BCUT2D eigenvalue weighted by Crippen LogP contribution is 2.32. The smallest absolute Gasteiger partial charge is 0.295 e. The van der Waals surface area contributed by atoms with Crippen LogP contribution in [0.4, 0.5) is 5.69 Å². The topological polar surface area (TPSA) is 89.7 Å². The van der Waals surface area contributed by atoms with E-state index in [2.05, 4.69) is 36.0 Å². The highest BCUT2D eigenvalue weighted by atomic mass is 28.3. The molecule has 1 N–H and O–H groups in total. The van der Waals surface area contributed by atoms with Gasteiger partial charge in [0.05, 0.1) is 10.5 Å². The lowest BCUT2D eigenvalue weighted by molar-refractivity contribution is -0.385. The van der Waals surface area contributed by atoms with Gasteiger partial charge in [0, 0.05) is 24.0 Å². The summed E-state index contributed by atoms with van der Waals surface area (Å²) in [6.07, 6.45) is 0.435. The first-order valence-corrected chi connectivity index (χ1v) is 10.6. The van der Waals surface area contributed by atoms with Gasteiger partial charge in [-0.3, -0.25) is 15.0 Å². The molecule has 7 heteroatoms. The normalized spacial score (nSPS) is 11.4. The van der Waals surface area contributed by atoms with Crippen molar-refractivity contribution in [2.24, 2.45) is 0 Å². The van der Waals surface area contributed by atoms with Crippen molar-refractivity contribution < 1.29 is 19.9 Å². The van der Waals surface area contributed by atoms with Gasteiger partial charge in [0.2, 0.25) is 0 Å². The molecule has 0 spiro atoms. The molecule has 0 saturated heterocycles. The standard InChI is InChI=1S/C16H21NO5Si/c1-16(2,9-6-10-23(3,4)5)14-11-12(17(19)20)7-8-13(14)15(18)22-21/h7-8,11,21H,9H2,1-5H3. The van der Waals surface area contributed by atoms with E-state index < -0.39 is 24.4 Å². The maximum atomic E-state index is 11.7. The van der Waals surface area contributed by atoms with Crippen LogP contribution in [0.2, 0.25) is 19.6 Å². The molecular weight excluding hydrogens is 314 g/mol. The second kappa shape index (κ2) is 6.94. The number of rotatable bonds is 4. The maximum Gasteiger partial charge on any atom is 0.373 e. The van der Waals surface area contributed by atoms with Gasteiger partial charge in [-0.05, 0) is 11.6 Å². The summed E-state index contributed by atoms with van der Waals surface area (Å²) in [4.78, 5) is 26.0. The monoisotopic (exact) mass is 335 g/mol. The molecule has 0 aliphatic carbocycles. The molecule has 0 aliphatic rings. The molecule has 0 atom stereocenters. The Morgan fingerprint density at radius 2 is 2.00 bits per heavy atom.